The summed E-state index contributed by atoms with van der Waals surface area (Å²) in [5.74, 6) is 0. The maximum atomic E-state index is 12.4. The third-order valence-electron chi connectivity index (χ3n) is 4.35. The predicted octanol–water partition coefficient (Wildman–Crippen LogP) is 1.49. The van der Waals surface area contributed by atoms with E-state index in [2.05, 4.69) is 23.6 Å². The molecule has 7 heteroatoms. The Morgan fingerprint density at radius 2 is 2.19 bits per heavy atom. The number of rotatable bonds is 6. The molecule has 2 heterocycles. The largest absolute Gasteiger partial charge is 0.375 e. The van der Waals surface area contributed by atoms with Gasteiger partial charge in [0.2, 0.25) is 10.0 Å². The van der Waals surface area contributed by atoms with Gasteiger partial charge in [-0.25, -0.2) is 13.1 Å². The number of ether oxygens (including phenoxy) is 1. The molecule has 0 amide bonds. The maximum absolute atomic E-state index is 12.4. The van der Waals surface area contributed by atoms with Crippen LogP contribution in [0.15, 0.2) is 17.2 Å². The van der Waals surface area contributed by atoms with Gasteiger partial charge in [0.25, 0.3) is 0 Å². The van der Waals surface area contributed by atoms with Crippen molar-refractivity contribution in [3.05, 3.63) is 18.0 Å². The monoisotopic (exact) mass is 315 g/mol. The summed E-state index contributed by atoms with van der Waals surface area (Å²) in [7, 11) is -3.51. The van der Waals surface area contributed by atoms with Crippen LogP contribution in [0.3, 0.4) is 0 Å². The predicted molar refractivity (Wildman–Crippen MR) is 81.3 cm³/mol. The van der Waals surface area contributed by atoms with Gasteiger partial charge in [-0.2, -0.15) is 0 Å². The summed E-state index contributed by atoms with van der Waals surface area (Å²) in [6.45, 7) is 5.05. The smallest absolute Gasteiger partial charge is 0.242 e. The zero-order valence-corrected chi connectivity index (χ0v) is 13.5. The highest BCUT2D eigenvalue weighted by Gasteiger charge is 2.36. The molecule has 0 aliphatic carbocycles. The highest BCUT2D eigenvalue weighted by atomic mass is 32.2. The fourth-order valence-corrected chi connectivity index (χ4v) is 4.14. The number of H-pyrrole nitrogens is 1. The van der Waals surface area contributed by atoms with E-state index in [0.717, 1.165) is 12.8 Å². The second-order valence-electron chi connectivity index (χ2n) is 5.61. The number of aromatic nitrogens is 1. The van der Waals surface area contributed by atoms with Crippen LogP contribution < -0.4 is 10.5 Å². The molecule has 1 saturated heterocycles. The summed E-state index contributed by atoms with van der Waals surface area (Å²) in [6, 6.07) is 1.49. The minimum Gasteiger partial charge on any atom is -0.375 e. The Hall–Kier alpha value is -0.890. The molecular weight excluding hydrogens is 290 g/mol. The minimum atomic E-state index is -3.51. The van der Waals surface area contributed by atoms with Crippen molar-refractivity contribution in [1.29, 1.82) is 0 Å². The van der Waals surface area contributed by atoms with Crippen molar-refractivity contribution >= 4 is 10.0 Å². The summed E-state index contributed by atoms with van der Waals surface area (Å²) in [5, 5.41) is 0. The topological polar surface area (TPSA) is 97.2 Å². The summed E-state index contributed by atoms with van der Waals surface area (Å²) >= 11 is 0. The highest BCUT2D eigenvalue weighted by Crippen LogP contribution is 2.32. The van der Waals surface area contributed by atoms with Gasteiger partial charge < -0.3 is 15.5 Å². The SMILES string of the molecule is CCC1(CC)CC(NS(=O)(=O)c2c[nH]c(CN)c2)CCO1. The minimum absolute atomic E-state index is 0.0834. The van der Waals surface area contributed by atoms with E-state index in [0.29, 0.717) is 31.7 Å². The second-order valence-corrected chi connectivity index (χ2v) is 7.33. The number of sulfonamides is 1. The lowest BCUT2D eigenvalue weighted by atomic mass is 9.86. The number of aromatic amines is 1. The summed E-state index contributed by atoms with van der Waals surface area (Å²) < 4.78 is 33.5. The molecule has 0 bridgehead atoms. The van der Waals surface area contributed by atoms with E-state index >= 15 is 0 Å². The number of nitrogens with two attached hydrogens (primary N) is 1. The normalized spacial score (nSPS) is 22.3. The molecule has 1 aromatic heterocycles. The molecule has 1 unspecified atom stereocenters. The molecule has 0 aromatic carbocycles. The first kappa shape index (κ1) is 16.5. The first-order valence-corrected chi connectivity index (χ1v) is 8.96. The lowest BCUT2D eigenvalue weighted by molar-refractivity contribution is -0.0905. The van der Waals surface area contributed by atoms with Crippen molar-refractivity contribution in [3.63, 3.8) is 0 Å². The van der Waals surface area contributed by atoms with Gasteiger partial charge in [0.1, 0.15) is 0 Å². The number of hydrogen-bond acceptors (Lipinski definition) is 4. The van der Waals surface area contributed by atoms with E-state index in [1.165, 1.54) is 6.20 Å². The van der Waals surface area contributed by atoms with Crippen LogP contribution in [-0.4, -0.2) is 31.7 Å². The van der Waals surface area contributed by atoms with Crippen molar-refractivity contribution in [3.8, 4) is 0 Å². The van der Waals surface area contributed by atoms with Crippen LogP contribution in [0.1, 0.15) is 45.2 Å². The molecule has 0 radical (unpaired) electrons. The van der Waals surface area contributed by atoms with E-state index in [4.69, 9.17) is 10.5 Å². The number of nitrogens with one attached hydrogen (secondary N) is 2. The zero-order chi connectivity index (χ0) is 15.5. The average Bonchev–Trinajstić information content (AvgIpc) is 2.97. The quantitative estimate of drug-likeness (QED) is 0.741. The van der Waals surface area contributed by atoms with E-state index in [1.807, 2.05) is 0 Å². The Morgan fingerprint density at radius 3 is 2.76 bits per heavy atom. The molecule has 120 valence electrons. The van der Waals surface area contributed by atoms with Gasteiger partial charge in [0.15, 0.2) is 0 Å². The third kappa shape index (κ3) is 3.66. The highest BCUT2D eigenvalue weighted by molar-refractivity contribution is 7.89. The summed E-state index contributed by atoms with van der Waals surface area (Å²) in [6.07, 6.45) is 4.69. The first-order valence-electron chi connectivity index (χ1n) is 7.48. The van der Waals surface area contributed by atoms with Gasteiger partial charge in [-0.05, 0) is 31.7 Å². The van der Waals surface area contributed by atoms with Crippen molar-refractivity contribution in [2.45, 2.75) is 62.6 Å². The Kier molecular flexibility index (Phi) is 5.08. The van der Waals surface area contributed by atoms with Gasteiger partial charge in [-0.3, -0.25) is 0 Å². The Labute approximate surface area is 126 Å². The van der Waals surface area contributed by atoms with Gasteiger partial charge in [0, 0.05) is 31.1 Å². The molecule has 1 fully saturated rings. The van der Waals surface area contributed by atoms with Gasteiger partial charge in [-0.15, -0.1) is 0 Å². The number of hydrogen-bond donors (Lipinski definition) is 3. The molecule has 21 heavy (non-hydrogen) atoms. The second kappa shape index (κ2) is 6.48. The zero-order valence-electron chi connectivity index (χ0n) is 12.7. The van der Waals surface area contributed by atoms with E-state index in [9.17, 15) is 8.42 Å². The van der Waals surface area contributed by atoms with Gasteiger partial charge in [0.05, 0.1) is 10.5 Å². The summed E-state index contributed by atoms with van der Waals surface area (Å²) in [4.78, 5) is 3.11. The molecule has 1 aliphatic rings. The molecular formula is C14H25N3O3S. The molecule has 1 aromatic rings. The molecule has 0 saturated carbocycles. The fourth-order valence-electron chi connectivity index (χ4n) is 2.85. The van der Waals surface area contributed by atoms with Crippen LogP contribution in [0, 0.1) is 0 Å². The van der Waals surface area contributed by atoms with E-state index in [-0.39, 0.29) is 16.5 Å². The average molecular weight is 315 g/mol. The molecule has 6 nitrogen and oxygen atoms in total. The lowest BCUT2D eigenvalue weighted by Crippen LogP contribution is -2.48. The third-order valence-corrected chi connectivity index (χ3v) is 5.85. The van der Waals surface area contributed by atoms with Crippen molar-refractivity contribution in [1.82, 2.24) is 9.71 Å². The van der Waals surface area contributed by atoms with Crippen molar-refractivity contribution in [2.75, 3.05) is 6.61 Å². The van der Waals surface area contributed by atoms with Crippen LogP contribution in [0.25, 0.3) is 0 Å². The van der Waals surface area contributed by atoms with E-state index < -0.39 is 10.0 Å². The van der Waals surface area contributed by atoms with Crippen molar-refractivity contribution < 1.29 is 13.2 Å². The van der Waals surface area contributed by atoms with Gasteiger partial charge in [-0.1, -0.05) is 13.8 Å². The van der Waals surface area contributed by atoms with Crippen LogP contribution >= 0.6 is 0 Å². The van der Waals surface area contributed by atoms with Crippen LogP contribution in [0.2, 0.25) is 0 Å². The van der Waals surface area contributed by atoms with E-state index in [1.54, 1.807) is 6.07 Å². The Balaban J connectivity index is 2.09. The molecule has 4 N–H and O–H groups in total. The lowest BCUT2D eigenvalue weighted by Gasteiger charge is -2.40. The molecule has 0 spiro atoms. The first-order chi connectivity index (χ1) is 9.94. The van der Waals surface area contributed by atoms with Crippen LogP contribution in [0.5, 0.6) is 0 Å². The van der Waals surface area contributed by atoms with Crippen LogP contribution in [0.4, 0.5) is 0 Å². The fraction of sp³-hybridized carbons (Fsp3) is 0.714. The Morgan fingerprint density at radius 1 is 1.48 bits per heavy atom. The Bertz CT molecular complexity index is 564. The van der Waals surface area contributed by atoms with Crippen molar-refractivity contribution in [2.24, 2.45) is 5.73 Å². The standard InChI is InChI=1S/C14H25N3O3S/c1-3-14(4-2)8-11(5-6-20-14)17-21(18,19)13-7-12(9-15)16-10-13/h7,10-11,16-17H,3-6,8-9,15H2,1-2H3. The molecule has 1 atom stereocenters. The van der Waals surface area contributed by atoms with Crippen LogP contribution in [-0.2, 0) is 21.3 Å². The molecule has 1 aliphatic heterocycles. The maximum Gasteiger partial charge on any atom is 0.242 e. The van der Waals surface area contributed by atoms with Gasteiger partial charge >= 0.3 is 0 Å². The summed E-state index contributed by atoms with van der Waals surface area (Å²) in [5.41, 5.74) is 6.00. The molecule has 2 rings (SSSR count).